The number of thioether (sulfide) groups is 1. The number of Topliss-reactive ketones (excluding diaryl/α,β-unsaturated/α-hetero) is 1. The molecule has 1 amide bonds. The smallest absolute Gasteiger partial charge is 0.251 e. The fourth-order valence-electron chi connectivity index (χ4n) is 2.98. The van der Waals surface area contributed by atoms with Gasteiger partial charge in [-0.3, -0.25) is 9.59 Å². The van der Waals surface area contributed by atoms with Crippen LogP contribution >= 0.6 is 23.1 Å². The maximum atomic E-state index is 12.9. The van der Waals surface area contributed by atoms with Gasteiger partial charge in [-0.25, -0.2) is 4.98 Å². The van der Waals surface area contributed by atoms with Gasteiger partial charge in [0.05, 0.1) is 18.2 Å². The van der Waals surface area contributed by atoms with E-state index in [1.807, 2.05) is 67.1 Å². The van der Waals surface area contributed by atoms with Crippen molar-refractivity contribution in [3.05, 3.63) is 76.1 Å². The largest absolute Gasteiger partial charge is 0.342 e. The molecule has 0 fully saturated rings. The number of hydrogen-bond donors (Lipinski definition) is 1. The molecule has 0 aliphatic rings. The minimum atomic E-state index is -0.514. The van der Waals surface area contributed by atoms with Crippen LogP contribution in [0.5, 0.6) is 0 Å². The van der Waals surface area contributed by atoms with Crippen LogP contribution in [0.3, 0.4) is 0 Å². The Morgan fingerprint density at radius 1 is 1.14 bits per heavy atom. The number of rotatable bonds is 9. The first-order valence-electron chi connectivity index (χ1n) is 9.46. The molecule has 0 bridgehead atoms. The zero-order valence-electron chi connectivity index (χ0n) is 16.6. The normalized spacial score (nSPS) is 11.8. The Morgan fingerprint density at radius 3 is 2.66 bits per heavy atom. The molecule has 0 aliphatic carbocycles. The number of ketones is 1. The molecule has 0 spiro atoms. The third-order valence-corrected chi connectivity index (χ3v) is 6.02. The van der Waals surface area contributed by atoms with E-state index in [9.17, 15) is 9.59 Å². The minimum Gasteiger partial charge on any atom is -0.342 e. The van der Waals surface area contributed by atoms with Gasteiger partial charge in [-0.05, 0) is 37.5 Å². The molecule has 150 valence electrons. The Labute approximate surface area is 179 Å². The summed E-state index contributed by atoms with van der Waals surface area (Å²) < 4.78 is 0. The topological polar surface area (TPSA) is 59.1 Å². The van der Waals surface area contributed by atoms with Crippen molar-refractivity contribution < 1.29 is 9.59 Å². The monoisotopic (exact) mass is 424 g/mol. The molecule has 3 aromatic rings. The average molecular weight is 425 g/mol. The van der Waals surface area contributed by atoms with Crippen LogP contribution in [-0.4, -0.2) is 34.7 Å². The maximum Gasteiger partial charge on any atom is 0.251 e. The van der Waals surface area contributed by atoms with E-state index in [2.05, 4.69) is 10.3 Å². The fourth-order valence-corrected chi connectivity index (χ4v) is 4.27. The number of carbonyl (C=O) groups excluding carboxylic acids is 2. The van der Waals surface area contributed by atoms with Crippen LogP contribution in [0.4, 0.5) is 0 Å². The summed E-state index contributed by atoms with van der Waals surface area (Å²) >= 11 is 3.15. The zero-order chi connectivity index (χ0) is 20.6. The van der Waals surface area contributed by atoms with Crippen molar-refractivity contribution in [3.8, 4) is 11.3 Å². The summed E-state index contributed by atoms with van der Waals surface area (Å²) in [4.78, 5) is 30.2. The molecule has 0 radical (unpaired) electrons. The summed E-state index contributed by atoms with van der Waals surface area (Å²) in [5.41, 5.74) is 3.51. The van der Waals surface area contributed by atoms with E-state index in [1.165, 1.54) is 11.3 Å². The van der Waals surface area contributed by atoms with Crippen LogP contribution in [0.1, 0.15) is 27.3 Å². The molecule has 6 heteroatoms. The lowest BCUT2D eigenvalue weighted by Crippen LogP contribution is -2.42. The molecule has 4 nitrogen and oxygen atoms in total. The van der Waals surface area contributed by atoms with Crippen molar-refractivity contribution in [1.82, 2.24) is 10.3 Å². The predicted molar refractivity (Wildman–Crippen MR) is 122 cm³/mol. The van der Waals surface area contributed by atoms with Crippen LogP contribution in [0.2, 0.25) is 0 Å². The molecule has 1 atom stereocenters. The van der Waals surface area contributed by atoms with E-state index in [0.717, 1.165) is 27.6 Å². The summed E-state index contributed by atoms with van der Waals surface area (Å²) in [7, 11) is 0. The Bertz CT molecular complexity index is 970. The van der Waals surface area contributed by atoms with Gasteiger partial charge in [-0.2, -0.15) is 11.8 Å². The van der Waals surface area contributed by atoms with Crippen molar-refractivity contribution in [1.29, 1.82) is 0 Å². The van der Waals surface area contributed by atoms with E-state index >= 15 is 0 Å². The van der Waals surface area contributed by atoms with Gasteiger partial charge in [0.1, 0.15) is 5.01 Å². The standard InChI is InChI=1S/C23H24N2O2S2/c1-16-7-6-10-18(13-16)23(27)25-19(11-12-28-2)21(26)14-22-24-20(15-29-22)17-8-4-3-5-9-17/h3-10,13,15,19H,11-12,14H2,1-2H3,(H,25,27)/t19-/m0/s1. The van der Waals surface area contributed by atoms with E-state index in [1.54, 1.807) is 17.8 Å². The second-order valence-corrected chi connectivity index (χ2v) is 8.74. The molecule has 2 aromatic carbocycles. The molecular formula is C23H24N2O2S2. The minimum absolute atomic E-state index is 0.00554. The Morgan fingerprint density at radius 2 is 1.93 bits per heavy atom. The van der Waals surface area contributed by atoms with E-state index in [0.29, 0.717) is 12.0 Å². The lowest BCUT2D eigenvalue weighted by Gasteiger charge is -2.17. The molecule has 1 N–H and O–H groups in total. The number of carbonyl (C=O) groups is 2. The van der Waals surface area contributed by atoms with Gasteiger partial charge in [0.15, 0.2) is 5.78 Å². The number of nitrogens with zero attached hydrogens (tertiary/aromatic N) is 1. The lowest BCUT2D eigenvalue weighted by molar-refractivity contribution is -0.120. The molecule has 0 saturated heterocycles. The number of aryl methyl sites for hydroxylation is 1. The number of thiazole rings is 1. The molecular weight excluding hydrogens is 400 g/mol. The summed E-state index contributed by atoms with van der Waals surface area (Å²) in [5, 5.41) is 5.67. The molecule has 1 heterocycles. The second kappa shape index (κ2) is 10.4. The van der Waals surface area contributed by atoms with Gasteiger partial charge in [-0.1, -0.05) is 48.0 Å². The maximum absolute atomic E-state index is 12.9. The summed E-state index contributed by atoms with van der Waals surface area (Å²) in [6.07, 6.45) is 2.83. The van der Waals surface area contributed by atoms with Crippen molar-refractivity contribution in [2.45, 2.75) is 25.8 Å². The zero-order valence-corrected chi connectivity index (χ0v) is 18.2. The van der Waals surface area contributed by atoms with Crippen molar-refractivity contribution >= 4 is 34.8 Å². The first-order chi connectivity index (χ1) is 14.1. The number of amides is 1. The third kappa shape index (κ3) is 6.02. The average Bonchev–Trinajstić information content (AvgIpc) is 3.20. The quantitative estimate of drug-likeness (QED) is 0.537. The molecule has 3 rings (SSSR count). The third-order valence-electron chi connectivity index (χ3n) is 4.53. The predicted octanol–water partition coefficient (Wildman–Crippen LogP) is 4.78. The van der Waals surface area contributed by atoms with Crippen LogP contribution in [0, 0.1) is 6.92 Å². The Balaban J connectivity index is 1.69. The Hall–Kier alpha value is -2.44. The lowest BCUT2D eigenvalue weighted by atomic mass is 10.1. The molecule has 0 aliphatic heterocycles. The highest BCUT2D eigenvalue weighted by Crippen LogP contribution is 2.22. The molecule has 0 saturated carbocycles. The van der Waals surface area contributed by atoms with Crippen LogP contribution < -0.4 is 5.32 Å². The molecule has 1 aromatic heterocycles. The van der Waals surface area contributed by atoms with Gasteiger partial charge in [0, 0.05) is 16.5 Å². The number of hydrogen-bond acceptors (Lipinski definition) is 5. The SMILES string of the molecule is CSCC[C@H](NC(=O)c1cccc(C)c1)C(=O)Cc1nc(-c2ccccc2)cs1. The van der Waals surface area contributed by atoms with Gasteiger partial charge in [0.2, 0.25) is 0 Å². The van der Waals surface area contributed by atoms with Gasteiger partial charge in [0.25, 0.3) is 5.91 Å². The first kappa shape index (κ1) is 21.3. The van der Waals surface area contributed by atoms with E-state index in [-0.39, 0.29) is 18.1 Å². The Kier molecular flexibility index (Phi) is 7.61. The number of benzene rings is 2. The van der Waals surface area contributed by atoms with Gasteiger partial charge >= 0.3 is 0 Å². The highest BCUT2D eigenvalue weighted by Gasteiger charge is 2.22. The highest BCUT2D eigenvalue weighted by molar-refractivity contribution is 7.98. The van der Waals surface area contributed by atoms with Gasteiger partial charge in [-0.15, -0.1) is 11.3 Å². The summed E-state index contributed by atoms with van der Waals surface area (Å²) in [5.74, 6) is 0.587. The number of aromatic nitrogens is 1. The fraction of sp³-hybridized carbons (Fsp3) is 0.261. The van der Waals surface area contributed by atoms with E-state index in [4.69, 9.17) is 0 Å². The van der Waals surface area contributed by atoms with Gasteiger partial charge < -0.3 is 5.32 Å². The summed E-state index contributed by atoms with van der Waals surface area (Å²) in [6, 6.07) is 16.8. The van der Waals surface area contributed by atoms with Crippen LogP contribution in [0.15, 0.2) is 60.0 Å². The molecule has 29 heavy (non-hydrogen) atoms. The van der Waals surface area contributed by atoms with Crippen molar-refractivity contribution in [2.75, 3.05) is 12.0 Å². The second-order valence-electron chi connectivity index (χ2n) is 6.81. The van der Waals surface area contributed by atoms with E-state index < -0.39 is 6.04 Å². The first-order valence-corrected chi connectivity index (χ1v) is 11.7. The van der Waals surface area contributed by atoms with Crippen LogP contribution in [-0.2, 0) is 11.2 Å². The van der Waals surface area contributed by atoms with Crippen LogP contribution in [0.25, 0.3) is 11.3 Å². The number of nitrogens with one attached hydrogen (secondary N) is 1. The van der Waals surface area contributed by atoms with Crippen molar-refractivity contribution in [2.24, 2.45) is 0 Å². The van der Waals surface area contributed by atoms with Crippen molar-refractivity contribution in [3.63, 3.8) is 0 Å². The summed E-state index contributed by atoms with van der Waals surface area (Å²) in [6.45, 7) is 1.94. The highest BCUT2D eigenvalue weighted by atomic mass is 32.2. The molecule has 0 unspecified atom stereocenters.